The van der Waals surface area contributed by atoms with E-state index in [1.165, 1.54) is 0 Å². The highest BCUT2D eigenvalue weighted by Crippen LogP contribution is 2.35. The topological polar surface area (TPSA) is 36.6 Å². The number of aliphatic hydroxyl groups excluding tert-OH is 1. The monoisotopic (exact) mass is 209 g/mol. The fourth-order valence-electron chi connectivity index (χ4n) is 2.40. The van der Waals surface area contributed by atoms with Gasteiger partial charge in [0.1, 0.15) is 5.76 Å². The predicted molar refractivity (Wildman–Crippen MR) is 58.4 cm³/mol. The smallest absolute Gasteiger partial charge is 0.117 e. The summed E-state index contributed by atoms with van der Waals surface area (Å²) in [5.74, 6) is 1.38. The lowest BCUT2D eigenvalue weighted by molar-refractivity contribution is 0.0892. The Labute approximate surface area is 90.7 Å². The van der Waals surface area contributed by atoms with Crippen LogP contribution >= 0.6 is 0 Å². The molecule has 1 aliphatic heterocycles. The van der Waals surface area contributed by atoms with Crippen molar-refractivity contribution in [1.82, 2.24) is 4.90 Å². The van der Waals surface area contributed by atoms with E-state index in [0.717, 1.165) is 25.3 Å². The first-order valence-corrected chi connectivity index (χ1v) is 5.53. The van der Waals surface area contributed by atoms with E-state index in [2.05, 4.69) is 18.7 Å². The first kappa shape index (κ1) is 10.7. The van der Waals surface area contributed by atoms with Crippen LogP contribution in [0.5, 0.6) is 0 Å². The van der Waals surface area contributed by atoms with Crippen molar-refractivity contribution in [3.8, 4) is 0 Å². The van der Waals surface area contributed by atoms with Crippen molar-refractivity contribution in [2.24, 2.45) is 5.92 Å². The Morgan fingerprint density at radius 2 is 2.40 bits per heavy atom. The minimum atomic E-state index is 0.0710. The number of furan rings is 1. The largest absolute Gasteiger partial charge is 0.468 e. The molecule has 15 heavy (non-hydrogen) atoms. The van der Waals surface area contributed by atoms with Crippen LogP contribution in [0, 0.1) is 5.92 Å². The summed E-state index contributed by atoms with van der Waals surface area (Å²) < 4.78 is 5.35. The summed E-state index contributed by atoms with van der Waals surface area (Å²) >= 11 is 0. The van der Waals surface area contributed by atoms with Crippen LogP contribution in [0.1, 0.15) is 26.0 Å². The van der Waals surface area contributed by atoms with Crippen molar-refractivity contribution in [2.45, 2.75) is 32.4 Å². The van der Waals surface area contributed by atoms with E-state index >= 15 is 0 Å². The van der Waals surface area contributed by atoms with E-state index in [0.29, 0.717) is 5.92 Å². The number of aliphatic hydroxyl groups is 1. The van der Waals surface area contributed by atoms with E-state index in [9.17, 15) is 5.11 Å². The predicted octanol–water partition coefficient (Wildman–Crippen LogP) is 1.87. The first-order valence-electron chi connectivity index (χ1n) is 5.53. The van der Waals surface area contributed by atoms with Crippen LogP contribution in [-0.4, -0.2) is 28.7 Å². The van der Waals surface area contributed by atoms with Gasteiger partial charge in [-0.15, -0.1) is 0 Å². The lowest BCUT2D eigenvalue weighted by Crippen LogP contribution is -2.42. The van der Waals surface area contributed by atoms with Crippen molar-refractivity contribution in [1.29, 1.82) is 0 Å². The highest BCUT2D eigenvalue weighted by atomic mass is 16.3. The van der Waals surface area contributed by atoms with Crippen molar-refractivity contribution >= 4 is 0 Å². The van der Waals surface area contributed by atoms with Crippen molar-refractivity contribution in [2.75, 3.05) is 13.2 Å². The molecule has 0 radical (unpaired) electrons. The van der Waals surface area contributed by atoms with Gasteiger partial charge in [0.05, 0.1) is 12.8 Å². The molecule has 0 aliphatic carbocycles. The molecule has 1 aromatic heterocycles. The van der Waals surface area contributed by atoms with Gasteiger partial charge in [0.2, 0.25) is 0 Å². The van der Waals surface area contributed by atoms with E-state index in [-0.39, 0.29) is 12.1 Å². The minimum absolute atomic E-state index is 0.0710. The van der Waals surface area contributed by atoms with Crippen LogP contribution in [0.3, 0.4) is 0 Å². The summed E-state index contributed by atoms with van der Waals surface area (Å²) in [6, 6.07) is 3.92. The van der Waals surface area contributed by atoms with Gasteiger partial charge in [0, 0.05) is 18.1 Å². The summed E-state index contributed by atoms with van der Waals surface area (Å²) in [4.78, 5) is 2.38. The molecule has 2 rings (SSSR count). The molecule has 0 spiro atoms. The van der Waals surface area contributed by atoms with Crippen LogP contribution in [0.4, 0.5) is 0 Å². The average molecular weight is 209 g/mol. The number of likely N-dealkylation sites (tertiary alicyclic amines) is 1. The van der Waals surface area contributed by atoms with Gasteiger partial charge in [-0.1, -0.05) is 0 Å². The van der Waals surface area contributed by atoms with Crippen LogP contribution in [0.15, 0.2) is 22.8 Å². The van der Waals surface area contributed by atoms with Crippen LogP contribution in [0.25, 0.3) is 0 Å². The van der Waals surface area contributed by atoms with Gasteiger partial charge >= 0.3 is 0 Å². The molecule has 1 aliphatic rings. The number of nitrogens with zero attached hydrogens (tertiary/aromatic N) is 1. The summed E-state index contributed by atoms with van der Waals surface area (Å²) in [5.41, 5.74) is 0.0710. The average Bonchev–Trinajstić information content (AvgIpc) is 2.77. The Bertz CT molecular complexity index is 305. The quantitative estimate of drug-likeness (QED) is 0.825. The Balaban J connectivity index is 2.05. The molecule has 2 heterocycles. The third kappa shape index (κ3) is 1.94. The highest BCUT2D eigenvalue weighted by Gasteiger charge is 2.40. The van der Waals surface area contributed by atoms with Gasteiger partial charge in [-0.3, -0.25) is 4.90 Å². The lowest BCUT2D eigenvalue weighted by atomic mass is 9.89. The summed E-state index contributed by atoms with van der Waals surface area (Å²) in [5, 5.41) is 9.30. The Morgan fingerprint density at radius 3 is 2.93 bits per heavy atom. The molecule has 1 unspecified atom stereocenters. The molecule has 0 aromatic carbocycles. The molecule has 1 N–H and O–H groups in total. The summed E-state index contributed by atoms with van der Waals surface area (Å²) in [6.07, 6.45) is 2.78. The van der Waals surface area contributed by atoms with Gasteiger partial charge in [-0.25, -0.2) is 0 Å². The molecule has 3 heteroatoms. The molecule has 3 nitrogen and oxygen atoms in total. The summed E-state index contributed by atoms with van der Waals surface area (Å²) in [7, 11) is 0. The van der Waals surface area contributed by atoms with Crippen molar-refractivity contribution in [3.05, 3.63) is 24.2 Å². The second-order valence-corrected chi connectivity index (χ2v) is 4.82. The molecular weight excluding hydrogens is 190 g/mol. The third-order valence-corrected chi connectivity index (χ3v) is 3.71. The Hall–Kier alpha value is -0.800. The zero-order valence-electron chi connectivity index (χ0n) is 9.44. The number of rotatable bonds is 3. The van der Waals surface area contributed by atoms with Crippen LogP contribution in [-0.2, 0) is 6.54 Å². The van der Waals surface area contributed by atoms with E-state index in [1.807, 2.05) is 12.1 Å². The SMILES string of the molecule is CC1(C)C(CO)CCN1Cc1ccco1. The van der Waals surface area contributed by atoms with Crippen molar-refractivity contribution < 1.29 is 9.52 Å². The molecule has 0 bridgehead atoms. The number of hydrogen-bond acceptors (Lipinski definition) is 3. The fraction of sp³-hybridized carbons (Fsp3) is 0.667. The maximum atomic E-state index is 9.30. The lowest BCUT2D eigenvalue weighted by Gasteiger charge is -2.34. The van der Waals surface area contributed by atoms with Crippen molar-refractivity contribution in [3.63, 3.8) is 0 Å². The molecule has 0 amide bonds. The fourth-order valence-corrected chi connectivity index (χ4v) is 2.40. The summed E-state index contributed by atoms with van der Waals surface area (Å²) in [6.45, 7) is 6.56. The van der Waals surface area contributed by atoms with Gasteiger partial charge in [-0.05, 0) is 38.9 Å². The van der Waals surface area contributed by atoms with Crippen LogP contribution in [0.2, 0.25) is 0 Å². The van der Waals surface area contributed by atoms with Crippen LogP contribution < -0.4 is 0 Å². The van der Waals surface area contributed by atoms with E-state index in [1.54, 1.807) is 6.26 Å². The Kier molecular flexibility index (Phi) is 2.85. The maximum absolute atomic E-state index is 9.30. The first-order chi connectivity index (χ1) is 7.14. The van der Waals surface area contributed by atoms with Gasteiger partial charge < -0.3 is 9.52 Å². The third-order valence-electron chi connectivity index (χ3n) is 3.71. The van der Waals surface area contributed by atoms with Gasteiger partial charge in [-0.2, -0.15) is 0 Å². The highest BCUT2D eigenvalue weighted by molar-refractivity contribution is 5.02. The second kappa shape index (κ2) is 3.99. The molecule has 1 fully saturated rings. The molecule has 1 saturated heterocycles. The molecule has 84 valence electrons. The van der Waals surface area contributed by atoms with E-state index in [4.69, 9.17) is 4.42 Å². The van der Waals surface area contributed by atoms with E-state index < -0.39 is 0 Å². The zero-order chi connectivity index (χ0) is 10.9. The second-order valence-electron chi connectivity index (χ2n) is 4.82. The molecule has 1 atom stereocenters. The Morgan fingerprint density at radius 1 is 1.60 bits per heavy atom. The molecule has 0 saturated carbocycles. The molecule has 1 aromatic rings. The van der Waals surface area contributed by atoms with Gasteiger partial charge in [0.25, 0.3) is 0 Å². The maximum Gasteiger partial charge on any atom is 0.117 e. The standard InChI is InChI=1S/C12H19NO2/c1-12(2)10(9-14)5-6-13(12)8-11-4-3-7-15-11/h3-4,7,10,14H,5-6,8-9H2,1-2H3. The van der Waals surface area contributed by atoms with Gasteiger partial charge in [0.15, 0.2) is 0 Å². The zero-order valence-corrected chi connectivity index (χ0v) is 9.44. The normalized spacial score (nSPS) is 25.9. The molecular formula is C12H19NO2. The minimum Gasteiger partial charge on any atom is -0.468 e. The number of hydrogen-bond donors (Lipinski definition) is 1.